The van der Waals surface area contributed by atoms with Crippen molar-refractivity contribution in [1.82, 2.24) is 0 Å². The van der Waals surface area contributed by atoms with Crippen LogP contribution in [-0.2, 0) is 6.54 Å². The summed E-state index contributed by atoms with van der Waals surface area (Å²) in [6, 6.07) is 5.56. The summed E-state index contributed by atoms with van der Waals surface area (Å²) in [5.74, 6) is -3.33. The van der Waals surface area contributed by atoms with E-state index in [0.29, 0.717) is 23.3 Å². The summed E-state index contributed by atoms with van der Waals surface area (Å²) in [4.78, 5) is 0. The molecule has 0 unspecified atom stereocenters. The topological polar surface area (TPSA) is 12.0 Å². The van der Waals surface area contributed by atoms with E-state index < -0.39 is 23.1 Å². The zero-order valence-corrected chi connectivity index (χ0v) is 10.1. The largest absolute Gasteiger partial charge is 0.376 e. The second kappa shape index (κ2) is 5.30. The Morgan fingerprint density at radius 2 is 1.53 bits per heavy atom. The fourth-order valence-electron chi connectivity index (χ4n) is 1.72. The van der Waals surface area contributed by atoms with Gasteiger partial charge in [0.2, 0.25) is 0 Å². The molecule has 0 aliphatic carbocycles. The quantitative estimate of drug-likeness (QED) is 0.825. The van der Waals surface area contributed by atoms with Crippen LogP contribution in [0.2, 0.25) is 0 Å². The fourth-order valence-corrected chi connectivity index (χ4v) is 1.72. The Hall–Kier alpha value is -2.04. The second-order valence-corrected chi connectivity index (χ2v) is 4.18. The summed E-state index contributed by atoms with van der Waals surface area (Å²) in [6.07, 6.45) is 0. The van der Waals surface area contributed by atoms with Gasteiger partial charge in [-0.05, 0) is 24.1 Å². The average molecular weight is 269 g/mol. The Morgan fingerprint density at radius 3 is 2.11 bits per heavy atom. The first-order valence-electron chi connectivity index (χ1n) is 5.61. The first-order chi connectivity index (χ1) is 8.97. The molecule has 2 aromatic rings. The molecule has 0 atom stereocenters. The molecule has 0 aliphatic rings. The van der Waals surface area contributed by atoms with Crippen molar-refractivity contribution in [3.8, 4) is 0 Å². The molecule has 1 nitrogen and oxygen atoms in total. The number of benzene rings is 2. The van der Waals surface area contributed by atoms with Crippen LogP contribution in [-0.4, -0.2) is 0 Å². The number of anilines is 1. The van der Waals surface area contributed by atoms with E-state index in [0.717, 1.165) is 0 Å². The normalized spacial score (nSPS) is 10.6. The molecule has 2 rings (SSSR count). The van der Waals surface area contributed by atoms with E-state index in [2.05, 4.69) is 5.32 Å². The van der Waals surface area contributed by atoms with Crippen LogP contribution in [0.4, 0.5) is 23.2 Å². The average Bonchev–Trinajstić information content (AvgIpc) is 2.32. The van der Waals surface area contributed by atoms with E-state index in [4.69, 9.17) is 0 Å². The minimum Gasteiger partial charge on any atom is -0.376 e. The van der Waals surface area contributed by atoms with Crippen molar-refractivity contribution in [2.45, 2.75) is 13.5 Å². The van der Waals surface area contributed by atoms with Crippen LogP contribution < -0.4 is 5.32 Å². The summed E-state index contributed by atoms with van der Waals surface area (Å²) >= 11 is 0. The Kier molecular flexibility index (Phi) is 3.74. The predicted molar refractivity (Wildman–Crippen MR) is 64.8 cm³/mol. The number of halogens is 4. The van der Waals surface area contributed by atoms with Gasteiger partial charge in [-0.2, -0.15) is 0 Å². The van der Waals surface area contributed by atoms with Gasteiger partial charge >= 0.3 is 0 Å². The molecule has 0 heterocycles. The van der Waals surface area contributed by atoms with Gasteiger partial charge in [-0.25, -0.2) is 17.6 Å². The number of rotatable bonds is 3. The van der Waals surface area contributed by atoms with Crippen molar-refractivity contribution in [1.29, 1.82) is 0 Å². The van der Waals surface area contributed by atoms with Crippen molar-refractivity contribution in [3.63, 3.8) is 0 Å². The van der Waals surface area contributed by atoms with E-state index in [1.807, 2.05) is 0 Å². The lowest BCUT2D eigenvalue weighted by molar-refractivity contribution is 0.547. The minimum absolute atomic E-state index is 0.112. The molecule has 19 heavy (non-hydrogen) atoms. The van der Waals surface area contributed by atoms with E-state index in [-0.39, 0.29) is 12.4 Å². The fraction of sp³-hybridized carbons (Fsp3) is 0.143. The van der Waals surface area contributed by atoms with Crippen LogP contribution in [0.15, 0.2) is 30.3 Å². The molecular formula is C14H11F4N. The third kappa shape index (κ3) is 3.05. The zero-order chi connectivity index (χ0) is 14.0. The van der Waals surface area contributed by atoms with Gasteiger partial charge in [0.05, 0.1) is 0 Å². The maximum absolute atomic E-state index is 13.4. The summed E-state index contributed by atoms with van der Waals surface area (Å²) in [7, 11) is 0. The molecule has 0 saturated heterocycles. The van der Waals surface area contributed by atoms with Gasteiger partial charge in [-0.3, -0.25) is 0 Å². The van der Waals surface area contributed by atoms with E-state index in [1.54, 1.807) is 13.0 Å². The van der Waals surface area contributed by atoms with Crippen LogP contribution in [0.5, 0.6) is 0 Å². The molecule has 1 N–H and O–H groups in total. The smallest absolute Gasteiger partial charge is 0.152 e. The zero-order valence-electron chi connectivity index (χ0n) is 10.1. The standard InChI is InChI=1S/C14H11F4N/c1-8-4-9(2-3-11(8)16)7-19-14-12(17)5-10(15)6-13(14)18/h2-6,19H,7H2,1H3. The molecule has 0 bridgehead atoms. The molecule has 0 fully saturated rings. The predicted octanol–water partition coefficient (Wildman–Crippen LogP) is 4.16. The first-order valence-corrected chi connectivity index (χ1v) is 5.61. The molecule has 0 spiro atoms. The molecule has 0 aliphatic heterocycles. The highest BCUT2D eigenvalue weighted by Crippen LogP contribution is 2.21. The highest BCUT2D eigenvalue weighted by Gasteiger charge is 2.11. The lowest BCUT2D eigenvalue weighted by atomic mass is 10.1. The van der Waals surface area contributed by atoms with Crippen molar-refractivity contribution < 1.29 is 17.6 Å². The van der Waals surface area contributed by atoms with Crippen molar-refractivity contribution in [2.75, 3.05) is 5.32 Å². The van der Waals surface area contributed by atoms with Gasteiger partial charge in [0.1, 0.15) is 17.3 Å². The van der Waals surface area contributed by atoms with Gasteiger partial charge in [0.15, 0.2) is 11.6 Å². The van der Waals surface area contributed by atoms with Crippen LogP contribution in [0.1, 0.15) is 11.1 Å². The van der Waals surface area contributed by atoms with Gasteiger partial charge in [-0.15, -0.1) is 0 Å². The monoisotopic (exact) mass is 269 g/mol. The number of hydrogen-bond donors (Lipinski definition) is 1. The molecule has 100 valence electrons. The van der Waals surface area contributed by atoms with Crippen LogP contribution in [0, 0.1) is 30.2 Å². The van der Waals surface area contributed by atoms with Crippen molar-refractivity contribution in [2.24, 2.45) is 0 Å². The maximum Gasteiger partial charge on any atom is 0.152 e. The molecule has 5 heteroatoms. The van der Waals surface area contributed by atoms with Crippen molar-refractivity contribution in [3.05, 3.63) is 64.7 Å². The van der Waals surface area contributed by atoms with E-state index in [9.17, 15) is 17.6 Å². The van der Waals surface area contributed by atoms with Gasteiger partial charge in [0, 0.05) is 18.7 Å². The van der Waals surface area contributed by atoms with Crippen LogP contribution in [0.3, 0.4) is 0 Å². The highest BCUT2D eigenvalue weighted by atomic mass is 19.1. The lowest BCUT2D eigenvalue weighted by Gasteiger charge is -2.09. The molecule has 0 aromatic heterocycles. The second-order valence-electron chi connectivity index (χ2n) is 4.18. The molecular weight excluding hydrogens is 258 g/mol. The third-order valence-corrected chi connectivity index (χ3v) is 2.70. The summed E-state index contributed by atoms with van der Waals surface area (Å²) < 4.78 is 52.5. The van der Waals surface area contributed by atoms with Gasteiger partial charge in [0.25, 0.3) is 0 Å². The molecule has 0 amide bonds. The molecule has 2 aromatic carbocycles. The Morgan fingerprint density at radius 1 is 0.895 bits per heavy atom. The Balaban J connectivity index is 2.16. The molecule has 0 saturated carbocycles. The summed E-state index contributed by atoms with van der Waals surface area (Å²) in [5, 5.41) is 2.53. The number of nitrogens with one attached hydrogen (secondary N) is 1. The van der Waals surface area contributed by atoms with Gasteiger partial charge in [-0.1, -0.05) is 12.1 Å². The van der Waals surface area contributed by atoms with E-state index >= 15 is 0 Å². The number of aryl methyl sites for hydroxylation is 1. The lowest BCUT2D eigenvalue weighted by Crippen LogP contribution is -2.05. The summed E-state index contributed by atoms with van der Waals surface area (Å²) in [5.41, 5.74) is 0.713. The van der Waals surface area contributed by atoms with E-state index in [1.165, 1.54) is 12.1 Å². The Labute approximate surface area is 107 Å². The Bertz CT molecular complexity index is 587. The van der Waals surface area contributed by atoms with Crippen molar-refractivity contribution >= 4 is 5.69 Å². The third-order valence-electron chi connectivity index (χ3n) is 2.70. The maximum atomic E-state index is 13.4. The first kappa shape index (κ1) is 13.4. The van der Waals surface area contributed by atoms with Crippen LogP contribution in [0.25, 0.3) is 0 Å². The minimum atomic E-state index is -1.00. The van der Waals surface area contributed by atoms with Gasteiger partial charge < -0.3 is 5.32 Å². The SMILES string of the molecule is Cc1cc(CNc2c(F)cc(F)cc2F)ccc1F. The summed E-state index contributed by atoms with van der Waals surface area (Å²) in [6.45, 7) is 1.71. The molecule has 0 radical (unpaired) electrons. The highest BCUT2D eigenvalue weighted by molar-refractivity contribution is 5.47. The van der Waals surface area contributed by atoms with Crippen LogP contribution >= 0.6 is 0 Å². The number of hydrogen-bond acceptors (Lipinski definition) is 1.